The molecular weight excluding hydrogens is 198 g/mol. The summed E-state index contributed by atoms with van der Waals surface area (Å²) in [6.07, 6.45) is 3.46. The zero-order valence-electron chi connectivity index (χ0n) is 8.69. The Kier molecular flexibility index (Phi) is 3.84. The lowest BCUT2D eigenvalue weighted by Gasteiger charge is -1.99. The molecule has 0 aliphatic heterocycles. The summed E-state index contributed by atoms with van der Waals surface area (Å²) < 4.78 is 5.88. The lowest BCUT2D eigenvalue weighted by atomic mass is 10.4. The maximum Gasteiger partial charge on any atom is 0.327 e. The van der Waals surface area contributed by atoms with Gasteiger partial charge in [-0.1, -0.05) is 6.92 Å². The van der Waals surface area contributed by atoms with E-state index >= 15 is 0 Å². The average molecular weight is 211 g/mol. The molecule has 6 heteroatoms. The van der Waals surface area contributed by atoms with Crippen molar-refractivity contribution in [2.45, 2.75) is 19.9 Å². The van der Waals surface area contributed by atoms with Gasteiger partial charge in [0.15, 0.2) is 0 Å². The van der Waals surface area contributed by atoms with Gasteiger partial charge in [0.25, 0.3) is 0 Å². The fourth-order valence-electron chi connectivity index (χ4n) is 0.961. The van der Waals surface area contributed by atoms with E-state index in [1.54, 1.807) is 13.1 Å². The number of nitrogens with one attached hydrogen (secondary N) is 1. The highest BCUT2D eigenvalue weighted by atomic mass is 16.5. The summed E-state index contributed by atoms with van der Waals surface area (Å²) in [7, 11) is 1.31. The predicted molar refractivity (Wildman–Crippen MR) is 53.2 cm³/mol. The number of hydrogen-bond acceptors (Lipinski definition) is 4. The Hall–Kier alpha value is -1.85. The van der Waals surface area contributed by atoms with E-state index < -0.39 is 0 Å². The maximum absolute atomic E-state index is 11.0. The Morgan fingerprint density at radius 3 is 2.93 bits per heavy atom. The highest BCUT2D eigenvalue weighted by Gasteiger charge is 2.05. The van der Waals surface area contributed by atoms with Gasteiger partial charge in [-0.25, -0.2) is 0 Å². The molecular formula is C9H13N3O3. The number of esters is 1. The quantitative estimate of drug-likeness (QED) is 0.732. The van der Waals surface area contributed by atoms with Crippen molar-refractivity contribution in [3.63, 3.8) is 0 Å². The number of hydrogen-bond donors (Lipinski definition) is 1. The molecule has 0 bridgehead atoms. The molecule has 0 spiro atoms. The molecule has 1 aromatic rings. The van der Waals surface area contributed by atoms with E-state index in [-0.39, 0.29) is 18.4 Å². The first-order chi connectivity index (χ1) is 7.15. The molecule has 0 aliphatic rings. The monoisotopic (exact) mass is 211 g/mol. The standard InChI is InChI=1S/C9H13N3O3/c1-3-8(13)11-7-4-10-12(5-7)6-9(14)15-2/h4-5H,3,6H2,1-2H3,(H,11,13). The smallest absolute Gasteiger partial charge is 0.327 e. The van der Waals surface area contributed by atoms with E-state index in [0.29, 0.717) is 12.1 Å². The Bertz CT molecular complexity index is 327. The number of carbonyl (C=O) groups excluding carboxylic acids is 2. The molecule has 1 N–H and O–H groups in total. The number of rotatable bonds is 4. The van der Waals surface area contributed by atoms with Gasteiger partial charge in [0, 0.05) is 12.6 Å². The molecule has 0 saturated heterocycles. The van der Waals surface area contributed by atoms with Crippen molar-refractivity contribution in [3.8, 4) is 0 Å². The first kappa shape index (κ1) is 11.2. The van der Waals surface area contributed by atoms with Crippen LogP contribution < -0.4 is 5.32 Å². The third kappa shape index (κ3) is 3.41. The highest BCUT2D eigenvalue weighted by molar-refractivity contribution is 5.90. The van der Waals surface area contributed by atoms with Crippen LogP contribution in [0.4, 0.5) is 5.69 Å². The van der Waals surface area contributed by atoms with E-state index in [9.17, 15) is 9.59 Å². The van der Waals surface area contributed by atoms with E-state index in [2.05, 4.69) is 15.2 Å². The van der Waals surface area contributed by atoms with Crippen molar-refractivity contribution in [2.24, 2.45) is 0 Å². The van der Waals surface area contributed by atoms with Crippen molar-refractivity contribution in [1.82, 2.24) is 9.78 Å². The second-order valence-corrected chi connectivity index (χ2v) is 2.90. The minimum Gasteiger partial charge on any atom is -0.468 e. The van der Waals surface area contributed by atoms with Gasteiger partial charge >= 0.3 is 5.97 Å². The third-order valence-corrected chi connectivity index (χ3v) is 1.76. The normalized spacial score (nSPS) is 9.73. The molecule has 0 aliphatic carbocycles. The van der Waals surface area contributed by atoms with Crippen LogP contribution in [0.15, 0.2) is 12.4 Å². The number of nitrogens with zero attached hydrogens (tertiary/aromatic N) is 2. The van der Waals surface area contributed by atoms with Gasteiger partial charge in [0.05, 0.1) is 19.0 Å². The number of ether oxygens (including phenoxy) is 1. The molecule has 1 heterocycles. The molecule has 15 heavy (non-hydrogen) atoms. The second kappa shape index (κ2) is 5.14. The topological polar surface area (TPSA) is 73.2 Å². The van der Waals surface area contributed by atoms with Crippen LogP contribution in [0.25, 0.3) is 0 Å². The molecule has 0 atom stereocenters. The summed E-state index contributed by atoms with van der Waals surface area (Å²) in [5.74, 6) is -0.473. The molecule has 82 valence electrons. The molecule has 0 aromatic carbocycles. The van der Waals surface area contributed by atoms with Crippen molar-refractivity contribution in [1.29, 1.82) is 0 Å². The highest BCUT2D eigenvalue weighted by Crippen LogP contribution is 2.05. The summed E-state index contributed by atoms with van der Waals surface area (Å²) in [5.41, 5.74) is 0.575. The van der Waals surface area contributed by atoms with Crippen LogP contribution in [0.3, 0.4) is 0 Å². The summed E-state index contributed by atoms with van der Waals surface area (Å²) in [5, 5.41) is 6.52. The van der Waals surface area contributed by atoms with Crippen LogP contribution >= 0.6 is 0 Å². The molecule has 6 nitrogen and oxygen atoms in total. The van der Waals surface area contributed by atoms with E-state index in [0.717, 1.165) is 0 Å². The molecule has 0 saturated carbocycles. The first-order valence-corrected chi connectivity index (χ1v) is 4.54. The van der Waals surface area contributed by atoms with Crippen LogP contribution in [-0.2, 0) is 20.9 Å². The summed E-state index contributed by atoms with van der Waals surface area (Å²) >= 11 is 0. The fourth-order valence-corrected chi connectivity index (χ4v) is 0.961. The molecule has 1 aromatic heterocycles. The molecule has 1 rings (SSSR count). The van der Waals surface area contributed by atoms with Crippen LogP contribution in [0.2, 0.25) is 0 Å². The Labute approximate surface area is 87.2 Å². The largest absolute Gasteiger partial charge is 0.468 e. The summed E-state index contributed by atoms with van der Waals surface area (Å²) in [4.78, 5) is 21.9. The van der Waals surface area contributed by atoms with Gasteiger partial charge in [0.2, 0.25) is 5.91 Å². The summed E-state index contributed by atoms with van der Waals surface area (Å²) in [6, 6.07) is 0. The van der Waals surface area contributed by atoms with Gasteiger partial charge in [-0.3, -0.25) is 14.3 Å². The number of aromatic nitrogens is 2. The van der Waals surface area contributed by atoms with Gasteiger partial charge < -0.3 is 10.1 Å². The van der Waals surface area contributed by atoms with Gasteiger partial charge in [0.1, 0.15) is 6.54 Å². The number of methoxy groups -OCH3 is 1. The van der Waals surface area contributed by atoms with Crippen molar-refractivity contribution < 1.29 is 14.3 Å². The number of amides is 1. The van der Waals surface area contributed by atoms with Crippen LogP contribution in [-0.4, -0.2) is 28.8 Å². The predicted octanol–water partition coefficient (Wildman–Crippen LogP) is 0.405. The SMILES string of the molecule is CCC(=O)Nc1cnn(CC(=O)OC)c1. The fraction of sp³-hybridized carbons (Fsp3) is 0.444. The zero-order valence-corrected chi connectivity index (χ0v) is 8.69. The van der Waals surface area contributed by atoms with E-state index in [1.165, 1.54) is 18.0 Å². The maximum atomic E-state index is 11.0. The van der Waals surface area contributed by atoms with Gasteiger partial charge in [-0.2, -0.15) is 5.10 Å². The molecule has 0 radical (unpaired) electrons. The van der Waals surface area contributed by atoms with Gasteiger partial charge in [-0.15, -0.1) is 0 Å². The van der Waals surface area contributed by atoms with Crippen LogP contribution in [0.1, 0.15) is 13.3 Å². The lowest BCUT2D eigenvalue weighted by molar-refractivity contribution is -0.141. The third-order valence-electron chi connectivity index (χ3n) is 1.76. The Morgan fingerprint density at radius 2 is 2.33 bits per heavy atom. The molecule has 0 unspecified atom stereocenters. The molecule has 1 amide bonds. The Morgan fingerprint density at radius 1 is 1.60 bits per heavy atom. The van der Waals surface area contributed by atoms with E-state index in [4.69, 9.17) is 0 Å². The summed E-state index contributed by atoms with van der Waals surface area (Å²) in [6.45, 7) is 1.80. The van der Waals surface area contributed by atoms with E-state index in [1.807, 2.05) is 0 Å². The van der Waals surface area contributed by atoms with Crippen molar-refractivity contribution in [3.05, 3.63) is 12.4 Å². The van der Waals surface area contributed by atoms with Gasteiger partial charge in [-0.05, 0) is 0 Å². The molecule has 0 fully saturated rings. The second-order valence-electron chi connectivity index (χ2n) is 2.90. The first-order valence-electron chi connectivity index (χ1n) is 4.54. The lowest BCUT2D eigenvalue weighted by Crippen LogP contribution is -2.12. The average Bonchev–Trinajstić information content (AvgIpc) is 2.65. The number of anilines is 1. The van der Waals surface area contributed by atoms with Crippen LogP contribution in [0, 0.1) is 0 Å². The minimum atomic E-state index is -0.383. The zero-order chi connectivity index (χ0) is 11.3. The van der Waals surface area contributed by atoms with Crippen molar-refractivity contribution in [2.75, 3.05) is 12.4 Å². The van der Waals surface area contributed by atoms with Crippen LogP contribution in [0.5, 0.6) is 0 Å². The minimum absolute atomic E-state index is 0.0402. The van der Waals surface area contributed by atoms with Crippen molar-refractivity contribution >= 4 is 17.6 Å². The Balaban J connectivity index is 2.56. The number of carbonyl (C=O) groups is 2.